The van der Waals surface area contributed by atoms with Crippen molar-refractivity contribution in [3.8, 4) is 0 Å². The van der Waals surface area contributed by atoms with Gasteiger partial charge in [-0.15, -0.1) is 0 Å². The molecule has 8 aliphatic rings. The average molecular weight is 2110 g/mol. The second-order valence-electron chi connectivity index (χ2n) is 39.9. The number of carboxylic acids is 1. The predicted molar refractivity (Wildman–Crippen MR) is 505 cm³/mol. The summed E-state index contributed by atoms with van der Waals surface area (Å²) in [5.41, 5.74) is 0. The van der Waals surface area contributed by atoms with Crippen LogP contribution in [0.3, 0.4) is 0 Å². The Morgan fingerprint density at radius 2 is 0.767 bits per heavy atom. The number of nitrogens with one attached hydrogen (secondary N) is 4. The van der Waals surface area contributed by atoms with Gasteiger partial charge in [0.05, 0.1) is 83.3 Å². The number of unbranched alkanes of at least 4 members (excludes halogenated alkanes) is 29. The maximum absolute atomic E-state index is 14.0. The molecule has 0 spiro atoms. The summed E-state index contributed by atoms with van der Waals surface area (Å²) in [5.74, 6) is -8.90. The molecule has 0 bridgehead atoms. The maximum atomic E-state index is 14.0. The minimum Gasteiger partial charge on any atom is -0.477 e. The summed E-state index contributed by atoms with van der Waals surface area (Å²) in [4.78, 5) is 67.1. The number of hydrogen-bond acceptors (Lipinski definition) is 44. The summed E-state index contributed by atoms with van der Waals surface area (Å²) in [5, 5.41) is 284. The monoisotopic (exact) mass is 2110 g/mol. The van der Waals surface area contributed by atoms with Crippen LogP contribution in [0.4, 0.5) is 0 Å². The molecule has 49 nitrogen and oxygen atoms in total. The standard InChI is InChI=1S/C97H172N4O45/c1-7-9-11-13-15-17-19-21-22-23-24-25-26-28-30-32-34-36-38-40-64(114)101-54(55(111)39-37-35-33-31-29-27-20-18-16-14-12-10-8-2)48-131-91-79(126)76(123)83(61(46-106)138-91)141-94-80(127)87(72(119)63(139-94)49-132-89-66(99-52(5)109)73(120)82(60(45-105)136-89)140-93-78(125)75(122)70(117)58(43-103)134-93)144-90-67(100-53(6)110)86(84(62(47-107)137-90)142-92-77(124)74(121)68(115)50(3)133-92)143-95-81(128)88(71(118)59(44-104)135-95)146-97(96(129)130)41-56(112)65(98-51(4)108)85(145-97)69(116)57(113)42-102/h37,39,50,54-63,65-95,102-107,111-113,115-128H,7-36,38,40-49H2,1-6H3,(H,98,108)(H,99,109)(H,100,110)(H,101,114)(H,129,130)/b39-37+/t50?,54-,55+,56?,57+,58?,59?,60?,61?,62?,63?,65+,66?,67?,68+,69+,70-,71-,72-,73+,74?,75-,76+,77-,78?,79?,80?,81?,82+,83+,84+,85?,86+,87-,88-,89+,90-,91+,92+,93-,94-,95-,97-/m0/s1. The van der Waals surface area contributed by atoms with E-state index >= 15 is 0 Å². The van der Waals surface area contributed by atoms with E-state index in [0.29, 0.717) is 12.8 Å². The molecule has 8 heterocycles. The van der Waals surface area contributed by atoms with Crippen molar-refractivity contribution in [2.24, 2.45) is 0 Å². The molecule has 0 aromatic rings. The quantitative estimate of drug-likeness (QED) is 0.0201. The van der Waals surface area contributed by atoms with Crippen molar-refractivity contribution in [2.45, 2.75) is 517 Å². The molecule has 28 N–H and O–H groups in total. The fraction of sp³-hybridized carbons (Fsp3) is 0.928. The van der Waals surface area contributed by atoms with Gasteiger partial charge >= 0.3 is 5.97 Å². The zero-order valence-electron chi connectivity index (χ0n) is 84.7. The number of carbonyl (C=O) groups is 5. The summed E-state index contributed by atoms with van der Waals surface area (Å²) >= 11 is 0. The Morgan fingerprint density at radius 3 is 1.27 bits per heavy atom. The number of aliphatic hydroxyl groups is 23. The van der Waals surface area contributed by atoms with Gasteiger partial charge in [-0.1, -0.05) is 206 Å². The highest BCUT2D eigenvalue weighted by molar-refractivity contribution is 5.77. The summed E-state index contributed by atoms with van der Waals surface area (Å²) in [6.07, 6.45) is -44.1. The van der Waals surface area contributed by atoms with Crippen LogP contribution in [0.2, 0.25) is 0 Å². The van der Waals surface area contributed by atoms with Crippen LogP contribution in [0.25, 0.3) is 0 Å². The number of allylic oxidation sites excluding steroid dienone is 1. The van der Waals surface area contributed by atoms with E-state index in [1.54, 1.807) is 6.08 Å². The topological polar surface area (TPSA) is 767 Å². The summed E-state index contributed by atoms with van der Waals surface area (Å²) in [6.45, 7) is -0.237. The number of rotatable bonds is 65. The van der Waals surface area contributed by atoms with Gasteiger partial charge in [-0.25, -0.2) is 4.79 Å². The molecule has 8 aliphatic heterocycles. The van der Waals surface area contributed by atoms with Crippen molar-refractivity contribution >= 4 is 29.6 Å². The molecule has 0 aliphatic carbocycles. The number of hydrogen-bond donors (Lipinski definition) is 28. The van der Waals surface area contributed by atoms with Gasteiger partial charge in [0.15, 0.2) is 44.0 Å². The molecule has 8 saturated heterocycles. The van der Waals surface area contributed by atoms with E-state index < -0.39 is 352 Å². The third kappa shape index (κ3) is 36.6. The molecule has 0 aromatic carbocycles. The van der Waals surface area contributed by atoms with Crippen LogP contribution < -0.4 is 21.3 Å². The lowest BCUT2D eigenvalue weighted by Gasteiger charge is -2.52. The van der Waals surface area contributed by atoms with Crippen LogP contribution in [0.5, 0.6) is 0 Å². The number of aliphatic hydroxyl groups excluding tert-OH is 23. The Balaban J connectivity index is 1.09. The highest BCUT2D eigenvalue weighted by Gasteiger charge is 2.64. The minimum atomic E-state index is -3.39. The van der Waals surface area contributed by atoms with E-state index in [9.17, 15) is 147 Å². The molecule has 49 heteroatoms. The Labute approximate surface area is 851 Å². The van der Waals surface area contributed by atoms with Gasteiger partial charge in [0.25, 0.3) is 5.79 Å². The van der Waals surface area contributed by atoms with Gasteiger partial charge in [-0.05, 0) is 26.2 Å². The molecule has 0 saturated carbocycles. The van der Waals surface area contributed by atoms with Gasteiger partial charge in [0.2, 0.25) is 23.6 Å². The highest BCUT2D eigenvalue weighted by Crippen LogP contribution is 2.43. The first kappa shape index (κ1) is 127. The molecular formula is C97H172N4O45. The van der Waals surface area contributed by atoms with Crippen LogP contribution in [0, 0.1) is 0 Å². The van der Waals surface area contributed by atoms with Crippen LogP contribution in [-0.4, -0.2) is 468 Å². The van der Waals surface area contributed by atoms with Crippen LogP contribution in [-0.2, 0) is 99.8 Å². The molecule has 0 aromatic heterocycles. The van der Waals surface area contributed by atoms with E-state index in [0.717, 1.165) is 85.0 Å². The Kier molecular flexibility index (Phi) is 56.2. The first-order valence-electron chi connectivity index (χ1n) is 52.5. The Hall–Kier alpha value is -4.47. The molecular weight excluding hydrogens is 1940 g/mol. The van der Waals surface area contributed by atoms with Gasteiger partial charge < -0.3 is 220 Å². The molecule has 8 fully saturated rings. The van der Waals surface area contributed by atoms with Crippen molar-refractivity contribution in [1.82, 2.24) is 21.3 Å². The molecule has 16 unspecified atom stereocenters. The zero-order chi connectivity index (χ0) is 107. The summed E-state index contributed by atoms with van der Waals surface area (Å²) in [7, 11) is 0. The van der Waals surface area contributed by atoms with E-state index in [1.807, 2.05) is 0 Å². The first-order valence-corrected chi connectivity index (χ1v) is 52.5. The number of ether oxygens (including phenoxy) is 16. The number of carboxylic acid groups (broad SMARTS) is 1. The normalized spacial score (nSPS) is 38.1. The lowest BCUT2D eigenvalue weighted by Crippen LogP contribution is -2.72. The van der Waals surface area contributed by atoms with E-state index in [2.05, 4.69) is 35.1 Å². The molecule has 43 atom stereocenters. The molecule has 8 rings (SSSR count). The number of carbonyl (C=O) groups excluding carboxylic acids is 4. The van der Waals surface area contributed by atoms with Gasteiger partial charge in [0.1, 0.15) is 183 Å². The lowest BCUT2D eigenvalue weighted by atomic mass is 9.88. The lowest BCUT2D eigenvalue weighted by molar-refractivity contribution is -0.400. The second kappa shape index (κ2) is 64.8. The van der Waals surface area contributed by atoms with Crippen LogP contribution in [0.1, 0.15) is 253 Å². The Bertz CT molecular complexity index is 3700. The second-order valence-corrected chi connectivity index (χ2v) is 39.9. The third-order valence-electron chi connectivity index (χ3n) is 28.3. The fourth-order valence-corrected chi connectivity index (χ4v) is 19.7. The van der Waals surface area contributed by atoms with Crippen molar-refractivity contribution in [2.75, 3.05) is 52.9 Å². The van der Waals surface area contributed by atoms with Gasteiger partial charge in [0, 0.05) is 33.6 Å². The molecule has 850 valence electrons. The Morgan fingerprint density at radius 1 is 0.377 bits per heavy atom. The highest BCUT2D eigenvalue weighted by atomic mass is 16.8. The zero-order valence-corrected chi connectivity index (χ0v) is 84.7. The number of aliphatic carboxylic acids is 1. The number of amides is 4. The van der Waals surface area contributed by atoms with Crippen molar-refractivity contribution < 1.29 is 222 Å². The summed E-state index contributed by atoms with van der Waals surface area (Å²) in [6, 6.07) is -7.07. The maximum Gasteiger partial charge on any atom is 0.364 e. The SMILES string of the molecule is CCCCCCCCCCCCC/C=C/[C@@H](O)[C@H](CO[C@@H]1OC(CO)[C@@H](O[C@@H]2OC(CO[C@@H]3OC(CO)[C@@H](O[C@@H]4OC(CO)[C@H](O)[C@H](O)C4O)[C@H](O)C3NC(C)=O)[C@H](O)[C@H](O[C@@H]3OC(CO)[C@@H](O[C@H]4OC(C)[C@@H](O)C(O)[C@@H]4O)[C@H](O[C@@H]4OC(CO)[C@H](O)[C@H](O[C@]5(C(=O)O)CC(O)[C@@H](NC(C)=O)C([C@H](O)[C@H](O)CO)O5)C4O)C3NC(C)=O)C2O)[C@H](O)C1O)NC(=O)CCCCCCCCCCCCCCCCCCCCC. The summed E-state index contributed by atoms with van der Waals surface area (Å²) < 4.78 is 97.7. The van der Waals surface area contributed by atoms with Crippen molar-refractivity contribution in [1.29, 1.82) is 0 Å². The third-order valence-corrected chi connectivity index (χ3v) is 28.3. The van der Waals surface area contributed by atoms with Crippen LogP contribution >= 0.6 is 0 Å². The first-order chi connectivity index (χ1) is 69.8. The fourth-order valence-electron chi connectivity index (χ4n) is 19.7. The van der Waals surface area contributed by atoms with E-state index in [1.165, 1.54) is 135 Å². The van der Waals surface area contributed by atoms with Crippen LogP contribution in [0.15, 0.2) is 12.2 Å². The molecule has 4 amide bonds. The van der Waals surface area contributed by atoms with Crippen molar-refractivity contribution in [3.63, 3.8) is 0 Å². The largest absolute Gasteiger partial charge is 0.477 e. The van der Waals surface area contributed by atoms with Crippen molar-refractivity contribution in [3.05, 3.63) is 12.2 Å². The van der Waals surface area contributed by atoms with Gasteiger partial charge in [-0.3, -0.25) is 19.2 Å². The minimum absolute atomic E-state index is 0.0809. The van der Waals surface area contributed by atoms with E-state index in [-0.39, 0.29) is 6.42 Å². The molecule has 0 radical (unpaired) electrons. The smallest absolute Gasteiger partial charge is 0.364 e. The predicted octanol–water partition coefficient (Wildman–Crippen LogP) is -4.84. The van der Waals surface area contributed by atoms with E-state index in [4.69, 9.17) is 75.8 Å². The molecule has 146 heavy (non-hydrogen) atoms. The van der Waals surface area contributed by atoms with Gasteiger partial charge in [-0.2, -0.15) is 0 Å². The average Bonchev–Trinajstić information content (AvgIpc) is 0.745.